The molecule has 0 radical (unpaired) electrons. The number of hydrogen-bond donors (Lipinski definition) is 0. The van der Waals surface area contributed by atoms with Crippen molar-refractivity contribution < 1.29 is 0 Å². The second-order valence-electron chi connectivity index (χ2n) is 8.52. The van der Waals surface area contributed by atoms with Crippen molar-refractivity contribution in [3.8, 4) is 11.3 Å². The van der Waals surface area contributed by atoms with Gasteiger partial charge in [0.25, 0.3) is 5.56 Å². The van der Waals surface area contributed by atoms with Gasteiger partial charge in [-0.05, 0) is 17.5 Å². The van der Waals surface area contributed by atoms with Gasteiger partial charge < -0.3 is 0 Å². The molecule has 4 aromatic rings. The fourth-order valence-corrected chi connectivity index (χ4v) is 5.32. The van der Waals surface area contributed by atoms with Crippen LogP contribution in [0.3, 0.4) is 0 Å². The van der Waals surface area contributed by atoms with Crippen LogP contribution in [0.5, 0.6) is 0 Å². The summed E-state index contributed by atoms with van der Waals surface area (Å²) in [5, 5.41) is 5.40. The van der Waals surface area contributed by atoms with Crippen LogP contribution in [0, 0.1) is 0 Å². The highest BCUT2D eigenvalue weighted by molar-refractivity contribution is 7.98. The molecule has 0 spiro atoms. The summed E-state index contributed by atoms with van der Waals surface area (Å²) in [5.41, 5.74) is 4.67. The maximum Gasteiger partial charge on any atom is 0.265 e. The molecule has 0 unspecified atom stereocenters. The van der Waals surface area contributed by atoms with Crippen LogP contribution >= 0.6 is 11.8 Å². The van der Waals surface area contributed by atoms with Crippen LogP contribution in [0.4, 0.5) is 0 Å². The monoisotopic (exact) mass is 428 g/mol. The van der Waals surface area contributed by atoms with Crippen LogP contribution in [0.2, 0.25) is 0 Å². The molecule has 2 aromatic heterocycles. The van der Waals surface area contributed by atoms with Crippen LogP contribution in [-0.2, 0) is 24.1 Å². The van der Waals surface area contributed by atoms with E-state index in [0.29, 0.717) is 17.5 Å². The molecule has 0 saturated carbocycles. The van der Waals surface area contributed by atoms with Crippen LogP contribution in [-0.4, -0.2) is 19.2 Å². The van der Waals surface area contributed by atoms with Gasteiger partial charge in [0.2, 0.25) is 5.78 Å². The molecule has 0 saturated heterocycles. The van der Waals surface area contributed by atoms with E-state index < -0.39 is 0 Å². The number of hydrogen-bond acceptors (Lipinski definition) is 4. The lowest BCUT2D eigenvalue weighted by Gasteiger charge is -2.32. The van der Waals surface area contributed by atoms with Gasteiger partial charge in [-0.1, -0.05) is 86.3 Å². The fraction of sp³-hybridized carbons (Fsp3) is 0.240. The minimum absolute atomic E-state index is 0.0228. The summed E-state index contributed by atoms with van der Waals surface area (Å²) in [6, 6.07) is 18.5. The second-order valence-corrected chi connectivity index (χ2v) is 9.46. The average Bonchev–Trinajstić information content (AvgIpc) is 3.10. The van der Waals surface area contributed by atoms with Gasteiger partial charge in [-0.2, -0.15) is 0 Å². The molecule has 0 N–H and O–H groups in total. The van der Waals surface area contributed by atoms with E-state index in [-0.39, 0.29) is 11.0 Å². The van der Waals surface area contributed by atoms with Crippen LogP contribution in [0.1, 0.15) is 30.5 Å². The molecule has 0 atom stereocenters. The standard InChI is InChI=1S/C25H24N4OS/c1-4-14-28-23-26-21-19-13-9-8-12-18(19)15-25(2,3)20(21)22(30)29(23)24(27-28)31-16-17-10-6-5-7-11-17/h4-13H,1,14-16H2,2-3H3. The highest BCUT2D eigenvalue weighted by atomic mass is 32.2. The van der Waals surface area contributed by atoms with Gasteiger partial charge in [0.05, 0.1) is 17.8 Å². The molecule has 0 aliphatic heterocycles. The Morgan fingerprint density at radius 3 is 2.65 bits per heavy atom. The van der Waals surface area contributed by atoms with Crippen LogP contribution in [0.15, 0.2) is 77.2 Å². The summed E-state index contributed by atoms with van der Waals surface area (Å²) in [4.78, 5) is 18.9. The molecular weight excluding hydrogens is 404 g/mol. The average molecular weight is 429 g/mol. The summed E-state index contributed by atoms with van der Waals surface area (Å²) in [5.74, 6) is 1.29. The number of aromatic nitrogens is 4. The summed E-state index contributed by atoms with van der Waals surface area (Å²) >= 11 is 1.56. The molecule has 1 aliphatic carbocycles. The van der Waals surface area contributed by atoms with Crippen molar-refractivity contribution in [1.82, 2.24) is 19.2 Å². The van der Waals surface area contributed by atoms with E-state index in [2.05, 4.69) is 44.7 Å². The lowest BCUT2D eigenvalue weighted by atomic mass is 9.72. The number of fused-ring (bicyclic) bond motifs is 4. The van der Waals surface area contributed by atoms with Crippen molar-refractivity contribution in [1.29, 1.82) is 0 Å². The molecule has 2 aromatic carbocycles. The third-order valence-electron chi connectivity index (χ3n) is 5.79. The second kappa shape index (κ2) is 7.54. The van der Waals surface area contributed by atoms with Gasteiger partial charge in [-0.25, -0.2) is 14.1 Å². The van der Waals surface area contributed by atoms with Crippen LogP contribution < -0.4 is 5.56 Å². The Balaban J connectivity index is 1.73. The van der Waals surface area contributed by atoms with Gasteiger partial charge in [-0.15, -0.1) is 11.7 Å². The molecule has 156 valence electrons. The first-order valence-corrected chi connectivity index (χ1v) is 11.4. The predicted octanol–water partition coefficient (Wildman–Crippen LogP) is 4.87. The van der Waals surface area contributed by atoms with Crippen molar-refractivity contribution in [2.75, 3.05) is 0 Å². The van der Waals surface area contributed by atoms with Crippen molar-refractivity contribution in [3.63, 3.8) is 0 Å². The number of thioether (sulfide) groups is 1. The van der Waals surface area contributed by atoms with E-state index >= 15 is 0 Å². The van der Waals surface area contributed by atoms with Gasteiger partial charge in [-0.3, -0.25) is 4.79 Å². The zero-order valence-electron chi connectivity index (χ0n) is 17.7. The van der Waals surface area contributed by atoms with Crippen molar-refractivity contribution >= 4 is 17.5 Å². The third-order valence-corrected chi connectivity index (χ3v) is 6.79. The van der Waals surface area contributed by atoms with E-state index in [9.17, 15) is 4.79 Å². The Bertz CT molecular complexity index is 1350. The van der Waals surface area contributed by atoms with Gasteiger partial charge in [0.15, 0.2) is 5.16 Å². The van der Waals surface area contributed by atoms with Crippen molar-refractivity contribution in [3.05, 3.63) is 94.3 Å². The summed E-state index contributed by atoms with van der Waals surface area (Å²) < 4.78 is 3.46. The SMILES string of the molecule is C=CCn1nc(SCc2ccccc2)n2c(=O)c3c(nc12)-c1ccccc1CC3(C)C. The Morgan fingerprint density at radius 1 is 1.13 bits per heavy atom. The molecule has 1 aliphatic rings. The normalized spacial score (nSPS) is 14.3. The molecular formula is C25H24N4OS. The molecule has 0 bridgehead atoms. The van der Waals surface area contributed by atoms with Crippen molar-refractivity contribution in [2.45, 2.75) is 43.1 Å². The smallest absolute Gasteiger partial charge is 0.265 e. The number of allylic oxidation sites excluding steroid dienone is 1. The minimum atomic E-state index is -0.309. The maximum absolute atomic E-state index is 13.9. The van der Waals surface area contributed by atoms with E-state index in [4.69, 9.17) is 10.1 Å². The van der Waals surface area contributed by atoms with Gasteiger partial charge in [0.1, 0.15) is 0 Å². The van der Waals surface area contributed by atoms with E-state index in [1.807, 2.05) is 30.3 Å². The largest absolute Gasteiger partial charge is 0.268 e. The summed E-state index contributed by atoms with van der Waals surface area (Å²) in [6.07, 6.45) is 2.59. The van der Waals surface area contributed by atoms with Gasteiger partial charge in [0, 0.05) is 16.7 Å². The molecule has 31 heavy (non-hydrogen) atoms. The van der Waals surface area contributed by atoms with Crippen LogP contribution in [0.25, 0.3) is 17.0 Å². The highest BCUT2D eigenvalue weighted by Gasteiger charge is 2.36. The molecule has 6 heteroatoms. The van der Waals surface area contributed by atoms with E-state index in [0.717, 1.165) is 29.0 Å². The predicted molar refractivity (Wildman–Crippen MR) is 126 cm³/mol. The lowest BCUT2D eigenvalue weighted by Crippen LogP contribution is -2.36. The Morgan fingerprint density at radius 2 is 1.87 bits per heavy atom. The topological polar surface area (TPSA) is 52.2 Å². The summed E-state index contributed by atoms with van der Waals surface area (Å²) in [7, 11) is 0. The first-order valence-electron chi connectivity index (χ1n) is 10.4. The zero-order valence-corrected chi connectivity index (χ0v) is 18.5. The lowest BCUT2D eigenvalue weighted by molar-refractivity contribution is 0.505. The van der Waals surface area contributed by atoms with E-state index in [1.165, 1.54) is 11.1 Å². The molecule has 5 nitrogen and oxygen atoms in total. The quantitative estimate of drug-likeness (QED) is 0.336. The maximum atomic E-state index is 13.9. The minimum Gasteiger partial charge on any atom is -0.268 e. The Labute approximate surface area is 185 Å². The molecule has 0 amide bonds. The number of nitrogens with zero attached hydrogens (tertiary/aromatic N) is 4. The fourth-order valence-electron chi connectivity index (χ4n) is 4.38. The molecule has 5 rings (SSSR count). The highest BCUT2D eigenvalue weighted by Crippen LogP contribution is 2.40. The first-order chi connectivity index (χ1) is 15.0. The molecule has 2 heterocycles. The molecule has 0 fully saturated rings. The third kappa shape index (κ3) is 3.31. The number of benzene rings is 2. The van der Waals surface area contributed by atoms with Gasteiger partial charge >= 0.3 is 0 Å². The number of rotatable bonds is 5. The first kappa shape index (κ1) is 19.8. The Kier molecular flexibility index (Phi) is 4.82. The zero-order chi connectivity index (χ0) is 21.6. The van der Waals surface area contributed by atoms with E-state index in [1.54, 1.807) is 26.9 Å². The Hall–Kier alpha value is -3.12. The summed E-state index contributed by atoms with van der Waals surface area (Å²) in [6.45, 7) is 8.60. The van der Waals surface area contributed by atoms with Crippen molar-refractivity contribution in [2.24, 2.45) is 0 Å².